The quantitative estimate of drug-likeness (QED) is 0.104. The summed E-state index contributed by atoms with van der Waals surface area (Å²) in [6.45, 7) is 7.31. The molecule has 0 N–H and O–H groups in total. The molecule has 0 saturated carbocycles. The Balaban J connectivity index is 1.61. The zero-order chi connectivity index (χ0) is 25.8. The first-order chi connectivity index (χ1) is 17.7. The van der Waals surface area contributed by atoms with Gasteiger partial charge < -0.3 is 9.47 Å². The second kappa shape index (κ2) is 19.0. The molecule has 0 radical (unpaired) electrons. The number of para-hydroxylation sites is 1. The normalized spacial score (nSPS) is 12.0. The number of unbranched alkanes of at least 4 members (excludes halogenated alkanes) is 12. The largest absolute Gasteiger partial charge is 0.423 e. The first-order valence-electron chi connectivity index (χ1n) is 14.7. The van der Waals surface area contributed by atoms with Crippen LogP contribution in [0.15, 0.2) is 48.5 Å². The molecule has 2 rings (SSSR count). The zero-order valence-corrected chi connectivity index (χ0v) is 23.2. The second-order valence-electron chi connectivity index (χ2n) is 10.1. The Kier molecular flexibility index (Phi) is 15.9. The van der Waals surface area contributed by atoms with Gasteiger partial charge in [-0.2, -0.15) is 0 Å². The molecule has 0 aliphatic rings. The van der Waals surface area contributed by atoms with E-state index in [0.717, 1.165) is 43.4 Å². The maximum Gasteiger partial charge on any atom is 0.343 e. The van der Waals surface area contributed by atoms with Crippen molar-refractivity contribution in [3.63, 3.8) is 0 Å². The molecule has 0 heterocycles. The van der Waals surface area contributed by atoms with Crippen LogP contribution in [0.4, 0.5) is 0 Å². The van der Waals surface area contributed by atoms with Gasteiger partial charge in [0.1, 0.15) is 5.75 Å². The van der Waals surface area contributed by atoms with Crippen LogP contribution in [0.5, 0.6) is 5.75 Å². The van der Waals surface area contributed by atoms with E-state index < -0.39 is 0 Å². The number of carbonyl (C=O) groups is 1. The Hall–Kier alpha value is -2.13. The number of rotatable bonds is 20. The van der Waals surface area contributed by atoms with Gasteiger partial charge >= 0.3 is 5.97 Å². The van der Waals surface area contributed by atoms with Crippen molar-refractivity contribution in [1.82, 2.24) is 0 Å². The number of benzene rings is 2. The Morgan fingerprint density at radius 3 is 1.86 bits per heavy atom. The van der Waals surface area contributed by atoms with Crippen molar-refractivity contribution in [2.45, 2.75) is 123 Å². The van der Waals surface area contributed by atoms with E-state index in [0.29, 0.717) is 11.3 Å². The fraction of sp³-hybridized carbons (Fsp3) is 0.606. The van der Waals surface area contributed by atoms with Gasteiger partial charge in [0.2, 0.25) is 0 Å². The van der Waals surface area contributed by atoms with Gasteiger partial charge in [-0.15, -0.1) is 0 Å². The molecule has 36 heavy (non-hydrogen) atoms. The van der Waals surface area contributed by atoms with Gasteiger partial charge in [-0.25, -0.2) is 4.79 Å². The van der Waals surface area contributed by atoms with E-state index in [1.807, 2.05) is 48.5 Å². The summed E-state index contributed by atoms with van der Waals surface area (Å²) in [5.41, 5.74) is 2.75. The molecule has 0 bridgehead atoms. The summed E-state index contributed by atoms with van der Waals surface area (Å²) >= 11 is 0. The average Bonchev–Trinajstić information content (AvgIpc) is 2.90. The van der Waals surface area contributed by atoms with Crippen LogP contribution >= 0.6 is 0 Å². The summed E-state index contributed by atoms with van der Waals surface area (Å²) < 4.78 is 11.8. The van der Waals surface area contributed by atoms with Gasteiger partial charge in [0.05, 0.1) is 11.7 Å². The molecule has 1 unspecified atom stereocenters. The zero-order valence-electron chi connectivity index (χ0n) is 23.2. The summed E-state index contributed by atoms with van der Waals surface area (Å²) in [4.78, 5) is 12.7. The maximum absolute atomic E-state index is 12.7. The average molecular weight is 495 g/mol. The Bertz CT molecular complexity index is 827. The lowest BCUT2D eigenvalue weighted by Crippen LogP contribution is -2.10. The second-order valence-corrected chi connectivity index (χ2v) is 10.1. The summed E-state index contributed by atoms with van der Waals surface area (Å²) in [6.07, 6.45) is 19.3. The highest BCUT2D eigenvalue weighted by molar-refractivity contribution is 5.91. The highest BCUT2D eigenvalue weighted by Gasteiger charge is 2.13. The number of ether oxygens (including phenoxy) is 2. The molecule has 0 aliphatic heterocycles. The topological polar surface area (TPSA) is 35.5 Å². The Morgan fingerprint density at radius 2 is 1.25 bits per heavy atom. The van der Waals surface area contributed by atoms with E-state index in [1.54, 1.807) is 0 Å². The molecule has 0 aliphatic carbocycles. The van der Waals surface area contributed by atoms with Gasteiger partial charge in [0.15, 0.2) is 0 Å². The first-order valence-corrected chi connectivity index (χ1v) is 14.7. The molecule has 3 heteroatoms. The molecule has 200 valence electrons. The van der Waals surface area contributed by atoms with Crippen LogP contribution in [0.1, 0.15) is 138 Å². The van der Waals surface area contributed by atoms with Crippen LogP contribution in [-0.2, 0) is 11.2 Å². The van der Waals surface area contributed by atoms with Gasteiger partial charge in [-0.3, -0.25) is 0 Å². The molecular weight excluding hydrogens is 444 g/mol. The molecule has 3 nitrogen and oxygen atoms in total. The summed E-state index contributed by atoms with van der Waals surface area (Å²) in [5.74, 6) is 0.356. The third-order valence-electron chi connectivity index (χ3n) is 6.96. The summed E-state index contributed by atoms with van der Waals surface area (Å²) in [6, 6.07) is 15.5. The number of esters is 1. The maximum atomic E-state index is 12.7. The number of hydrogen-bond donors (Lipinski definition) is 0. The van der Waals surface area contributed by atoms with E-state index in [2.05, 4.69) is 20.8 Å². The standard InChI is InChI=1S/C33H50O3/c1-4-6-8-9-10-11-12-13-14-15-16-19-27-35-28(3)29-23-25-31(26-24-29)33(34)36-32-22-18-17-21-30(32)20-7-5-2/h17-18,21-26,28H,4-16,19-20,27H2,1-3H3. The number of aryl methyl sites for hydroxylation is 1. The molecular formula is C33H50O3. The van der Waals surface area contributed by atoms with Gasteiger partial charge in [0.25, 0.3) is 0 Å². The molecule has 0 aromatic heterocycles. The summed E-state index contributed by atoms with van der Waals surface area (Å²) in [7, 11) is 0. The van der Waals surface area contributed by atoms with Crippen molar-refractivity contribution in [2.75, 3.05) is 6.61 Å². The van der Waals surface area contributed by atoms with Crippen LogP contribution in [0, 0.1) is 0 Å². The monoisotopic (exact) mass is 494 g/mol. The smallest absolute Gasteiger partial charge is 0.343 e. The van der Waals surface area contributed by atoms with E-state index >= 15 is 0 Å². The molecule has 2 aromatic carbocycles. The van der Waals surface area contributed by atoms with Crippen molar-refractivity contribution in [3.8, 4) is 5.75 Å². The van der Waals surface area contributed by atoms with Crippen molar-refractivity contribution < 1.29 is 14.3 Å². The van der Waals surface area contributed by atoms with Crippen molar-refractivity contribution in [2.24, 2.45) is 0 Å². The molecule has 0 spiro atoms. The third kappa shape index (κ3) is 12.2. The molecule has 0 amide bonds. The molecule has 0 fully saturated rings. The predicted molar refractivity (Wildman–Crippen MR) is 152 cm³/mol. The molecule has 2 aromatic rings. The van der Waals surface area contributed by atoms with Crippen LogP contribution < -0.4 is 4.74 Å². The van der Waals surface area contributed by atoms with Crippen molar-refractivity contribution in [1.29, 1.82) is 0 Å². The Morgan fingerprint density at radius 1 is 0.694 bits per heavy atom. The Labute approximate surface area is 221 Å². The minimum Gasteiger partial charge on any atom is -0.423 e. The molecule has 0 saturated heterocycles. The minimum atomic E-state index is -0.310. The van der Waals surface area contributed by atoms with E-state index in [4.69, 9.17) is 9.47 Å². The molecule has 1 atom stereocenters. The van der Waals surface area contributed by atoms with Crippen molar-refractivity contribution in [3.05, 3.63) is 65.2 Å². The van der Waals surface area contributed by atoms with Gasteiger partial charge in [-0.05, 0) is 55.5 Å². The van der Waals surface area contributed by atoms with Crippen LogP contribution in [-0.4, -0.2) is 12.6 Å². The fourth-order valence-corrected chi connectivity index (χ4v) is 4.53. The van der Waals surface area contributed by atoms with E-state index in [1.165, 1.54) is 70.6 Å². The lowest BCUT2D eigenvalue weighted by Gasteiger charge is -2.14. The number of hydrogen-bond acceptors (Lipinski definition) is 3. The van der Waals surface area contributed by atoms with E-state index in [-0.39, 0.29) is 12.1 Å². The van der Waals surface area contributed by atoms with E-state index in [9.17, 15) is 4.79 Å². The SMILES string of the molecule is CCCCCCCCCCCCCCOC(C)c1ccc(C(=O)Oc2ccccc2CCCC)cc1. The first kappa shape index (κ1) is 30.1. The fourth-order valence-electron chi connectivity index (χ4n) is 4.53. The lowest BCUT2D eigenvalue weighted by atomic mass is 10.1. The van der Waals surface area contributed by atoms with Crippen LogP contribution in [0.2, 0.25) is 0 Å². The predicted octanol–water partition coefficient (Wildman–Crippen LogP) is 10.0. The van der Waals surface area contributed by atoms with Gasteiger partial charge in [0, 0.05) is 6.61 Å². The van der Waals surface area contributed by atoms with Crippen LogP contribution in [0.3, 0.4) is 0 Å². The third-order valence-corrected chi connectivity index (χ3v) is 6.96. The minimum absolute atomic E-state index is 0.0255. The lowest BCUT2D eigenvalue weighted by molar-refractivity contribution is 0.0626. The highest BCUT2D eigenvalue weighted by atomic mass is 16.5. The van der Waals surface area contributed by atoms with Crippen LogP contribution in [0.25, 0.3) is 0 Å². The summed E-state index contributed by atoms with van der Waals surface area (Å²) in [5, 5.41) is 0. The number of carbonyl (C=O) groups excluding carboxylic acids is 1. The highest BCUT2D eigenvalue weighted by Crippen LogP contribution is 2.23. The van der Waals surface area contributed by atoms with Crippen molar-refractivity contribution >= 4 is 5.97 Å². The van der Waals surface area contributed by atoms with Gasteiger partial charge in [-0.1, -0.05) is 121 Å².